The van der Waals surface area contributed by atoms with Crippen molar-refractivity contribution in [3.8, 4) is 0 Å². The standard InChI is InChI=1S/C14H12Cl2N2O2/c15-12-8-11(18(19)20)9-13(16)14(12)17-7-6-10-4-2-1-3-5-10/h1-5,8-9,17H,6-7H2. The molecule has 20 heavy (non-hydrogen) atoms. The Morgan fingerprint density at radius 1 is 1.10 bits per heavy atom. The maximum absolute atomic E-state index is 10.7. The quantitative estimate of drug-likeness (QED) is 0.650. The van der Waals surface area contributed by atoms with Crippen LogP contribution in [-0.2, 0) is 6.42 Å². The minimum atomic E-state index is -0.522. The van der Waals surface area contributed by atoms with Crippen LogP contribution in [0.5, 0.6) is 0 Å². The number of non-ortho nitro benzene ring substituents is 1. The zero-order chi connectivity index (χ0) is 14.5. The van der Waals surface area contributed by atoms with Crippen molar-refractivity contribution in [1.82, 2.24) is 0 Å². The molecule has 6 heteroatoms. The highest BCUT2D eigenvalue weighted by Crippen LogP contribution is 2.34. The Kier molecular flexibility index (Phi) is 4.82. The number of anilines is 1. The predicted octanol–water partition coefficient (Wildman–Crippen LogP) is 4.56. The zero-order valence-electron chi connectivity index (χ0n) is 10.5. The molecule has 0 atom stereocenters. The summed E-state index contributed by atoms with van der Waals surface area (Å²) in [6.07, 6.45) is 0.810. The summed E-state index contributed by atoms with van der Waals surface area (Å²) >= 11 is 12.0. The molecule has 0 aromatic heterocycles. The van der Waals surface area contributed by atoms with Gasteiger partial charge in [0.15, 0.2) is 0 Å². The fourth-order valence-electron chi connectivity index (χ4n) is 1.81. The molecule has 0 aliphatic carbocycles. The number of rotatable bonds is 5. The molecule has 4 nitrogen and oxygen atoms in total. The second-order valence-corrected chi connectivity index (χ2v) is 5.02. The number of nitro groups is 1. The van der Waals surface area contributed by atoms with E-state index < -0.39 is 4.92 Å². The van der Waals surface area contributed by atoms with Gasteiger partial charge >= 0.3 is 0 Å². The van der Waals surface area contributed by atoms with Crippen molar-refractivity contribution in [2.24, 2.45) is 0 Å². The van der Waals surface area contributed by atoms with E-state index in [2.05, 4.69) is 5.32 Å². The van der Waals surface area contributed by atoms with E-state index in [1.54, 1.807) is 0 Å². The molecule has 0 unspecified atom stereocenters. The third kappa shape index (κ3) is 3.62. The van der Waals surface area contributed by atoms with Crippen molar-refractivity contribution >= 4 is 34.6 Å². The smallest absolute Gasteiger partial charge is 0.272 e. The maximum atomic E-state index is 10.7. The zero-order valence-corrected chi connectivity index (χ0v) is 12.0. The number of halogens is 2. The first kappa shape index (κ1) is 14.6. The molecule has 1 N–H and O–H groups in total. The van der Waals surface area contributed by atoms with Crippen LogP contribution in [0.3, 0.4) is 0 Å². The van der Waals surface area contributed by atoms with Gasteiger partial charge < -0.3 is 5.32 Å². The molecule has 0 saturated carbocycles. The number of nitrogens with zero attached hydrogens (tertiary/aromatic N) is 1. The molecule has 2 aromatic rings. The first-order valence-corrected chi connectivity index (χ1v) is 6.75. The number of hydrogen-bond donors (Lipinski definition) is 1. The second-order valence-electron chi connectivity index (χ2n) is 4.20. The molecule has 0 radical (unpaired) electrons. The largest absolute Gasteiger partial charge is 0.382 e. The summed E-state index contributed by atoms with van der Waals surface area (Å²) in [7, 11) is 0. The molecule has 0 aliphatic heterocycles. The van der Waals surface area contributed by atoms with Gasteiger partial charge in [0, 0.05) is 18.7 Å². The lowest BCUT2D eigenvalue weighted by Crippen LogP contribution is -2.06. The Labute approximate surface area is 126 Å². The molecule has 104 valence electrons. The summed E-state index contributed by atoms with van der Waals surface area (Å²) in [6.45, 7) is 0.640. The lowest BCUT2D eigenvalue weighted by Gasteiger charge is -2.10. The van der Waals surface area contributed by atoms with Crippen molar-refractivity contribution in [3.63, 3.8) is 0 Å². The molecule has 2 aromatic carbocycles. The SMILES string of the molecule is O=[N+]([O-])c1cc(Cl)c(NCCc2ccccc2)c(Cl)c1. The molecule has 0 aliphatic rings. The van der Waals surface area contributed by atoms with Crippen LogP contribution in [0, 0.1) is 10.1 Å². The first-order chi connectivity index (χ1) is 9.58. The Morgan fingerprint density at radius 3 is 2.25 bits per heavy atom. The molecular weight excluding hydrogens is 299 g/mol. The summed E-state index contributed by atoms with van der Waals surface area (Å²) in [5, 5.41) is 14.3. The minimum absolute atomic E-state index is 0.117. The first-order valence-electron chi connectivity index (χ1n) is 5.99. The lowest BCUT2D eigenvalue weighted by atomic mass is 10.1. The van der Waals surface area contributed by atoms with Gasteiger partial charge in [0.25, 0.3) is 5.69 Å². The van der Waals surface area contributed by atoms with Gasteiger partial charge in [-0.2, -0.15) is 0 Å². The summed E-state index contributed by atoms with van der Waals surface area (Å²) in [5.74, 6) is 0. The number of nitro benzene ring substituents is 1. The summed E-state index contributed by atoms with van der Waals surface area (Å²) < 4.78 is 0. The molecule has 0 amide bonds. The highest BCUT2D eigenvalue weighted by Gasteiger charge is 2.14. The highest BCUT2D eigenvalue weighted by molar-refractivity contribution is 6.39. The van der Waals surface area contributed by atoms with Crippen LogP contribution in [0.4, 0.5) is 11.4 Å². The van der Waals surface area contributed by atoms with E-state index in [1.807, 2.05) is 30.3 Å². The Balaban J connectivity index is 2.05. The van der Waals surface area contributed by atoms with Crippen LogP contribution in [0.2, 0.25) is 10.0 Å². The van der Waals surface area contributed by atoms with Crippen LogP contribution >= 0.6 is 23.2 Å². The van der Waals surface area contributed by atoms with E-state index in [1.165, 1.54) is 17.7 Å². The van der Waals surface area contributed by atoms with Crippen LogP contribution < -0.4 is 5.32 Å². The summed E-state index contributed by atoms with van der Waals surface area (Å²) in [6, 6.07) is 12.5. The molecular formula is C14H12Cl2N2O2. The van der Waals surface area contributed by atoms with Gasteiger partial charge in [-0.25, -0.2) is 0 Å². The van der Waals surface area contributed by atoms with Crippen molar-refractivity contribution in [2.45, 2.75) is 6.42 Å². The predicted molar refractivity (Wildman–Crippen MR) is 81.8 cm³/mol. The van der Waals surface area contributed by atoms with Crippen molar-refractivity contribution < 1.29 is 4.92 Å². The van der Waals surface area contributed by atoms with Crippen molar-refractivity contribution in [1.29, 1.82) is 0 Å². The third-order valence-corrected chi connectivity index (χ3v) is 3.39. The average Bonchev–Trinajstić information content (AvgIpc) is 2.42. The Bertz CT molecular complexity index is 595. The van der Waals surface area contributed by atoms with E-state index in [0.717, 1.165) is 6.42 Å². The van der Waals surface area contributed by atoms with Crippen LogP contribution in [0.15, 0.2) is 42.5 Å². The number of nitrogens with one attached hydrogen (secondary N) is 1. The van der Waals surface area contributed by atoms with E-state index in [9.17, 15) is 10.1 Å². The van der Waals surface area contributed by atoms with Gasteiger partial charge in [0.1, 0.15) is 0 Å². The van der Waals surface area contributed by atoms with Gasteiger partial charge in [0.2, 0.25) is 0 Å². The Hall–Kier alpha value is -1.78. The van der Waals surface area contributed by atoms with Crippen LogP contribution in [0.1, 0.15) is 5.56 Å². The van der Waals surface area contributed by atoms with Crippen molar-refractivity contribution in [3.05, 3.63) is 68.2 Å². The third-order valence-electron chi connectivity index (χ3n) is 2.80. The molecule has 0 heterocycles. The molecule has 2 rings (SSSR count). The fourth-order valence-corrected chi connectivity index (χ4v) is 2.42. The molecule has 0 bridgehead atoms. The minimum Gasteiger partial charge on any atom is -0.382 e. The monoisotopic (exact) mass is 310 g/mol. The Morgan fingerprint density at radius 2 is 1.70 bits per heavy atom. The van der Waals surface area contributed by atoms with E-state index in [-0.39, 0.29) is 15.7 Å². The van der Waals surface area contributed by atoms with Crippen molar-refractivity contribution in [2.75, 3.05) is 11.9 Å². The van der Waals surface area contributed by atoms with E-state index in [0.29, 0.717) is 12.2 Å². The molecule has 0 saturated heterocycles. The van der Waals surface area contributed by atoms with E-state index in [4.69, 9.17) is 23.2 Å². The fraction of sp³-hybridized carbons (Fsp3) is 0.143. The van der Waals surface area contributed by atoms with Crippen LogP contribution in [-0.4, -0.2) is 11.5 Å². The summed E-state index contributed by atoms with van der Waals surface area (Å²) in [5.41, 5.74) is 1.60. The molecule has 0 fully saturated rings. The van der Waals surface area contributed by atoms with Gasteiger partial charge in [-0.15, -0.1) is 0 Å². The van der Waals surface area contributed by atoms with Gasteiger partial charge in [-0.3, -0.25) is 10.1 Å². The average molecular weight is 311 g/mol. The lowest BCUT2D eigenvalue weighted by molar-refractivity contribution is -0.384. The van der Waals surface area contributed by atoms with Gasteiger partial charge in [-0.05, 0) is 12.0 Å². The van der Waals surface area contributed by atoms with Crippen LogP contribution in [0.25, 0.3) is 0 Å². The number of hydrogen-bond acceptors (Lipinski definition) is 3. The summed E-state index contributed by atoms with van der Waals surface area (Å²) in [4.78, 5) is 10.2. The highest BCUT2D eigenvalue weighted by atomic mass is 35.5. The van der Waals surface area contributed by atoms with Gasteiger partial charge in [0.05, 0.1) is 20.7 Å². The normalized spacial score (nSPS) is 10.3. The maximum Gasteiger partial charge on any atom is 0.272 e. The number of benzene rings is 2. The second kappa shape index (κ2) is 6.59. The van der Waals surface area contributed by atoms with Gasteiger partial charge in [-0.1, -0.05) is 53.5 Å². The van der Waals surface area contributed by atoms with E-state index >= 15 is 0 Å². The topological polar surface area (TPSA) is 55.2 Å². The molecule has 0 spiro atoms.